The number of anilines is 1. The predicted octanol–water partition coefficient (Wildman–Crippen LogP) is 1.32. The molecule has 2 aromatic rings. The summed E-state index contributed by atoms with van der Waals surface area (Å²) < 4.78 is 0. The zero-order valence-electron chi connectivity index (χ0n) is 20.2. The number of fused-ring (bicyclic) bond motifs is 1. The lowest BCUT2D eigenvalue weighted by atomic mass is 10.1. The molecule has 1 atom stereocenters. The average Bonchev–Trinajstić information content (AvgIpc) is 3.25. The fraction of sp³-hybridized carbons (Fsp3) is 0.455. The molecule has 1 aliphatic heterocycles. The van der Waals surface area contributed by atoms with Crippen molar-refractivity contribution in [3.63, 3.8) is 0 Å². The van der Waals surface area contributed by atoms with Crippen LogP contribution in [0.1, 0.15) is 33.2 Å². The molecule has 0 unspecified atom stereocenters. The van der Waals surface area contributed by atoms with E-state index in [0.29, 0.717) is 10.0 Å². The monoisotopic (exact) mass is 557 g/mol. The van der Waals surface area contributed by atoms with E-state index in [1.54, 1.807) is 14.1 Å². The number of likely N-dealkylation sites (N-methyl/N-ethyl adjacent to an activating group) is 1. The van der Waals surface area contributed by atoms with Crippen LogP contribution in [0.2, 0.25) is 5.02 Å². The molecule has 1 aliphatic rings. The van der Waals surface area contributed by atoms with Gasteiger partial charge in [0, 0.05) is 63.7 Å². The zero-order chi connectivity index (χ0) is 25.5. The number of thiazole rings is 1. The van der Waals surface area contributed by atoms with Gasteiger partial charge in [-0.2, -0.15) is 0 Å². The van der Waals surface area contributed by atoms with Crippen LogP contribution in [0.25, 0.3) is 0 Å². The largest absolute Gasteiger partial charge is 0.349 e. The Kier molecular flexibility index (Phi) is 11.0. The van der Waals surface area contributed by atoms with Crippen LogP contribution in [0, 0.1) is 0 Å². The molecule has 3 heterocycles. The lowest BCUT2D eigenvalue weighted by Crippen LogP contribution is -2.46. The van der Waals surface area contributed by atoms with E-state index in [1.807, 2.05) is 7.05 Å². The van der Waals surface area contributed by atoms with Gasteiger partial charge in [-0.3, -0.25) is 19.2 Å². The van der Waals surface area contributed by atoms with E-state index >= 15 is 0 Å². The third kappa shape index (κ3) is 8.40. The second-order valence-electron chi connectivity index (χ2n) is 8.40. The maximum atomic E-state index is 12.9. The van der Waals surface area contributed by atoms with E-state index in [1.165, 1.54) is 34.6 Å². The number of aromatic nitrogens is 2. The predicted molar refractivity (Wildman–Crippen MR) is 139 cm³/mol. The van der Waals surface area contributed by atoms with Gasteiger partial charge in [0.25, 0.3) is 5.91 Å². The van der Waals surface area contributed by atoms with E-state index in [4.69, 9.17) is 11.6 Å². The Morgan fingerprint density at radius 1 is 1.22 bits per heavy atom. The fourth-order valence-corrected chi connectivity index (χ4v) is 4.54. The number of hydrogen-bond donors (Lipinski definition) is 3. The Bertz CT molecular complexity index is 1090. The number of rotatable bonds is 8. The first-order valence-corrected chi connectivity index (χ1v) is 12.2. The molecule has 0 bridgehead atoms. The summed E-state index contributed by atoms with van der Waals surface area (Å²) in [7, 11) is 5.30. The Labute approximate surface area is 224 Å². The summed E-state index contributed by atoms with van der Waals surface area (Å²) in [5, 5.41) is 8.47. The van der Waals surface area contributed by atoms with Crippen LogP contribution in [0.15, 0.2) is 18.3 Å². The summed E-state index contributed by atoms with van der Waals surface area (Å²) in [6.07, 6.45) is 2.56. The van der Waals surface area contributed by atoms with Crippen molar-refractivity contribution >= 4 is 64.8 Å². The molecule has 0 saturated heterocycles. The van der Waals surface area contributed by atoms with Gasteiger partial charge in [-0.1, -0.05) is 11.6 Å². The second kappa shape index (κ2) is 13.5. The minimum Gasteiger partial charge on any atom is -0.349 e. The number of nitrogens with zero attached hydrogens (tertiary/aromatic N) is 4. The Balaban J connectivity index is 0.00000456. The van der Waals surface area contributed by atoms with Gasteiger partial charge in [-0.25, -0.2) is 9.97 Å². The summed E-state index contributed by atoms with van der Waals surface area (Å²) in [5.74, 6) is -2.12. The van der Waals surface area contributed by atoms with Gasteiger partial charge < -0.3 is 25.8 Å². The highest BCUT2D eigenvalue weighted by molar-refractivity contribution is 7.13. The van der Waals surface area contributed by atoms with Crippen LogP contribution in [0.4, 0.5) is 5.82 Å². The molecular weight excluding hydrogens is 529 g/mol. The number of carbonyl (C=O) groups is 4. The molecule has 0 spiro atoms. The first-order valence-electron chi connectivity index (χ1n) is 11.0. The molecular formula is C22H29Cl2N7O4S. The van der Waals surface area contributed by atoms with E-state index in [2.05, 4.69) is 30.8 Å². The number of halogens is 2. The molecule has 0 fully saturated rings. The Morgan fingerprint density at radius 3 is 2.64 bits per heavy atom. The van der Waals surface area contributed by atoms with E-state index in [0.717, 1.165) is 30.1 Å². The van der Waals surface area contributed by atoms with E-state index < -0.39 is 17.9 Å². The molecule has 11 nitrogen and oxygen atoms in total. The molecule has 0 aliphatic carbocycles. The minimum absolute atomic E-state index is 0. The van der Waals surface area contributed by atoms with Crippen molar-refractivity contribution in [1.29, 1.82) is 0 Å². The van der Waals surface area contributed by atoms with Crippen LogP contribution in [-0.4, -0.2) is 83.7 Å². The van der Waals surface area contributed by atoms with Gasteiger partial charge in [0.1, 0.15) is 5.82 Å². The maximum absolute atomic E-state index is 12.9. The van der Waals surface area contributed by atoms with Crippen LogP contribution in [0.3, 0.4) is 0 Å². The Morgan fingerprint density at radius 2 is 1.97 bits per heavy atom. The highest BCUT2D eigenvalue weighted by Gasteiger charge is 2.24. The quantitative estimate of drug-likeness (QED) is 0.416. The lowest BCUT2D eigenvalue weighted by Gasteiger charge is -2.20. The van der Waals surface area contributed by atoms with E-state index in [9.17, 15) is 19.2 Å². The van der Waals surface area contributed by atoms with Crippen molar-refractivity contribution in [1.82, 2.24) is 30.4 Å². The first-order chi connectivity index (χ1) is 16.6. The number of amides is 4. The van der Waals surface area contributed by atoms with Crippen LogP contribution in [-0.2, 0) is 27.3 Å². The summed E-state index contributed by atoms with van der Waals surface area (Å²) in [5.41, 5.74) is 0.929. The van der Waals surface area contributed by atoms with Crippen molar-refractivity contribution in [3.05, 3.63) is 38.9 Å². The SMILES string of the molecule is CN1CCc2nc(C(=O)N[C@H](CCC(=O)N(C)C)CNC(=O)C(=O)Nc3ccc(Cl)cn3)sc2C1.Cl. The molecule has 3 N–H and O–H groups in total. The summed E-state index contributed by atoms with van der Waals surface area (Å²) in [6.45, 7) is 1.59. The number of hydrogen-bond acceptors (Lipinski definition) is 8. The molecule has 0 radical (unpaired) electrons. The van der Waals surface area contributed by atoms with E-state index in [-0.39, 0.29) is 49.4 Å². The van der Waals surface area contributed by atoms with Crippen molar-refractivity contribution < 1.29 is 19.2 Å². The van der Waals surface area contributed by atoms with Gasteiger partial charge in [-0.15, -0.1) is 23.7 Å². The summed E-state index contributed by atoms with van der Waals surface area (Å²) >= 11 is 7.11. The molecule has 36 heavy (non-hydrogen) atoms. The van der Waals surface area contributed by atoms with Gasteiger partial charge in [0.2, 0.25) is 5.91 Å². The van der Waals surface area contributed by atoms with Crippen molar-refractivity contribution in [3.8, 4) is 0 Å². The van der Waals surface area contributed by atoms with Crippen molar-refractivity contribution in [2.24, 2.45) is 0 Å². The third-order valence-electron chi connectivity index (χ3n) is 5.34. The molecule has 196 valence electrons. The maximum Gasteiger partial charge on any atom is 0.314 e. The Hall–Kier alpha value is -2.80. The number of pyridine rings is 1. The van der Waals surface area contributed by atoms with Crippen LogP contribution in [0.5, 0.6) is 0 Å². The average molecular weight is 558 g/mol. The fourth-order valence-electron chi connectivity index (χ4n) is 3.33. The molecule has 0 aromatic carbocycles. The first kappa shape index (κ1) is 29.4. The molecule has 3 rings (SSSR count). The van der Waals surface area contributed by atoms with Gasteiger partial charge >= 0.3 is 11.8 Å². The van der Waals surface area contributed by atoms with Gasteiger partial charge in [0.05, 0.1) is 10.7 Å². The van der Waals surface area contributed by atoms with Gasteiger partial charge in [-0.05, 0) is 25.6 Å². The zero-order valence-corrected chi connectivity index (χ0v) is 22.6. The normalized spacial score (nSPS) is 13.6. The molecule has 2 aromatic heterocycles. The highest BCUT2D eigenvalue weighted by Crippen LogP contribution is 2.24. The smallest absolute Gasteiger partial charge is 0.314 e. The summed E-state index contributed by atoms with van der Waals surface area (Å²) in [6, 6.07) is 2.42. The van der Waals surface area contributed by atoms with Crippen LogP contribution >= 0.6 is 35.3 Å². The molecule has 4 amide bonds. The molecule has 0 saturated carbocycles. The standard InChI is InChI=1S/C22H28ClN7O4S.ClH/c1-29(2)18(31)7-5-14(11-25-19(32)20(33)28-17-6-4-13(23)10-24-17)26-21(34)22-27-15-8-9-30(3)12-16(15)35-22;/h4,6,10,14H,5,7-9,11-12H2,1-3H3,(H,25,32)(H,26,34)(H,24,28,33);1H/t14-;/m1./s1. The second-order valence-corrected chi connectivity index (χ2v) is 9.92. The molecule has 14 heteroatoms. The highest BCUT2D eigenvalue weighted by atomic mass is 35.5. The number of nitrogens with one attached hydrogen (secondary N) is 3. The van der Waals surface area contributed by atoms with Crippen molar-refractivity contribution in [2.75, 3.05) is 39.5 Å². The van der Waals surface area contributed by atoms with Crippen LogP contribution < -0.4 is 16.0 Å². The topological polar surface area (TPSA) is 137 Å². The lowest BCUT2D eigenvalue weighted by molar-refractivity contribution is -0.136. The van der Waals surface area contributed by atoms with Gasteiger partial charge in [0.15, 0.2) is 5.01 Å². The third-order valence-corrected chi connectivity index (χ3v) is 6.65. The summed E-state index contributed by atoms with van der Waals surface area (Å²) in [4.78, 5) is 62.5. The number of carbonyl (C=O) groups excluding carboxylic acids is 4. The minimum atomic E-state index is -0.911. The van der Waals surface area contributed by atoms with Crippen molar-refractivity contribution in [2.45, 2.75) is 31.8 Å².